The first kappa shape index (κ1) is 24.5. The van der Waals surface area contributed by atoms with Gasteiger partial charge in [0.05, 0.1) is 12.5 Å². The number of rotatable bonds is 8. The Labute approximate surface area is 186 Å². The fourth-order valence-corrected chi connectivity index (χ4v) is 3.79. The van der Waals surface area contributed by atoms with Crippen LogP contribution in [-0.4, -0.2) is 58.1 Å². The molecule has 1 aromatic carbocycles. The molecule has 0 spiro atoms. The van der Waals surface area contributed by atoms with Gasteiger partial charge in [0.1, 0.15) is 5.75 Å². The highest BCUT2D eigenvalue weighted by molar-refractivity contribution is 14.0. The Kier molecular flexibility index (Phi) is 10.6. The van der Waals surface area contributed by atoms with E-state index in [1.54, 1.807) is 19.1 Å². The maximum absolute atomic E-state index is 12.7. The van der Waals surface area contributed by atoms with Gasteiger partial charge >= 0.3 is 0 Å². The second-order valence-electron chi connectivity index (χ2n) is 7.49. The molecule has 28 heavy (non-hydrogen) atoms. The van der Waals surface area contributed by atoms with Crippen molar-refractivity contribution < 1.29 is 9.53 Å². The predicted octanol–water partition coefficient (Wildman–Crippen LogP) is 3.06. The number of halogens is 1. The zero-order valence-electron chi connectivity index (χ0n) is 17.6. The molecule has 1 aromatic rings. The van der Waals surface area contributed by atoms with Crippen LogP contribution in [0.5, 0.6) is 5.75 Å². The monoisotopic (exact) mass is 502 g/mol. The van der Waals surface area contributed by atoms with Crippen LogP contribution >= 0.6 is 24.0 Å². The molecule has 6 nitrogen and oxygen atoms in total. The lowest BCUT2D eigenvalue weighted by molar-refractivity contribution is -0.138. The van der Waals surface area contributed by atoms with E-state index in [0.29, 0.717) is 6.54 Å². The molecular weight excluding hydrogens is 467 g/mol. The van der Waals surface area contributed by atoms with E-state index in [0.717, 1.165) is 56.8 Å². The molecule has 2 N–H and O–H groups in total. The molecule has 0 unspecified atom stereocenters. The molecule has 0 aliphatic heterocycles. The van der Waals surface area contributed by atoms with Crippen LogP contribution in [-0.2, 0) is 11.2 Å². The van der Waals surface area contributed by atoms with E-state index in [9.17, 15) is 4.79 Å². The van der Waals surface area contributed by atoms with Crippen LogP contribution in [0.1, 0.15) is 37.7 Å². The van der Waals surface area contributed by atoms with E-state index in [1.807, 2.05) is 26.2 Å². The van der Waals surface area contributed by atoms with Crippen LogP contribution in [0.25, 0.3) is 0 Å². The van der Waals surface area contributed by atoms with E-state index in [1.165, 1.54) is 5.56 Å². The normalized spacial score (nSPS) is 15.5. The topological polar surface area (TPSA) is 66.0 Å². The van der Waals surface area contributed by atoms with Crippen molar-refractivity contribution in [2.75, 3.05) is 41.3 Å². The number of amides is 1. The Balaban J connectivity index is 0.00000392. The van der Waals surface area contributed by atoms with E-state index in [2.05, 4.69) is 27.8 Å². The number of aliphatic imine (C=N–C) groups is 1. The summed E-state index contributed by atoms with van der Waals surface area (Å²) in [7, 11) is 7.14. The minimum Gasteiger partial charge on any atom is -0.497 e. The average molecular weight is 502 g/mol. The number of nitrogens with one attached hydrogen (secondary N) is 2. The molecule has 1 aliphatic rings. The van der Waals surface area contributed by atoms with Crippen molar-refractivity contribution in [3.63, 3.8) is 0 Å². The van der Waals surface area contributed by atoms with Gasteiger partial charge in [-0.3, -0.25) is 9.79 Å². The van der Waals surface area contributed by atoms with Gasteiger partial charge < -0.3 is 20.3 Å². The van der Waals surface area contributed by atoms with Gasteiger partial charge in [0.2, 0.25) is 5.91 Å². The molecule has 158 valence electrons. The summed E-state index contributed by atoms with van der Waals surface area (Å²) in [5, 5.41) is 6.74. The van der Waals surface area contributed by atoms with Gasteiger partial charge in [0.15, 0.2) is 5.96 Å². The lowest BCUT2D eigenvalue weighted by atomic mass is 9.84. The van der Waals surface area contributed by atoms with Crippen LogP contribution in [0, 0.1) is 5.41 Å². The lowest BCUT2D eigenvalue weighted by Gasteiger charge is -2.31. The largest absolute Gasteiger partial charge is 0.497 e. The predicted molar refractivity (Wildman–Crippen MR) is 126 cm³/mol. The summed E-state index contributed by atoms with van der Waals surface area (Å²) >= 11 is 0. The van der Waals surface area contributed by atoms with Crippen molar-refractivity contribution in [1.29, 1.82) is 0 Å². The summed E-state index contributed by atoms with van der Waals surface area (Å²) in [5.74, 6) is 1.88. The Morgan fingerprint density at radius 3 is 2.57 bits per heavy atom. The average Bonchev–Trinajstić information content (AvgIpc) is 3.17. The molecule has 1 fully saturated rings. The van der Waals surface area contributed by atoms with Gasteiger partial charge in [-0.25, -0.2) is 0 Å². The molecule has 0 aromatic heterocycles. The van der Waals surface area contributed by atoms with Crippen LogP contribution in [0.15, 0.2) is 29.3 Å². The summed E-state index contributed by atoms with van der Waals surface area (Å²) in [5.41, 5.74) is 0.974. The van der Waals surface area contributed by atoms with Crippen molar-refractivity contribution in [1.82, 2.24) is 15.5 Å². The Morgan fingerprint density at radius 1 is 1.25 bits per heavy atom. The fraction of sp³-hybridized carbons (Fsp3) is 0.619. The third kappa shape index (κ3) is 6.83. The first-order valence-electron chi connectivity index (χ1n) is 9.80. The molecule has 0 saturated heterocycles. The Hall–Kier alpha value is -1.51. The number of methoxy groups -OCH3 is 1. The molecule has 1 amide bonds. The minimum absolute atomic E-state index is 0. The first-order chi connectivity index (χ1) is 13.0. The van der Waals surface area contributed by atoms with Crippen LogP contribution in [0.4, 0.5) is 0 Å². The number of hydrogen-bond acceptors (Lipinski definition) is 3. The fourth-order valence-electron chi connectivity index (χ4n) is 3.79. The Morgan fingerprint density at radius 2 is 1.96 bits per heavy atom. The molecule has 2 rings (SSSR count). The lowest BCUT2D eigenvalue weighted by Crippen LogP contribution is -2.49. The number of aryl methyl sites for hydroxylation is 1. The van der Waals surface area contributed by atoms with E-state index in [4.69, 9.17) is 4.74 Å². The highest BCUT2D eigenvalue weighted by Crippen LogP contribution is 2.38. The molecule has 0 atom stereocenters. The number of guanidine groups is 1. The number of ether oxygens (including phenoxy) is 1. The van der Waals surface area contributed by atoms with Crippen molar-refractivity contribution in [2.45, 2.75) is 38.5 Å². The van der Waals surface area contributed by atoms with Crippen LogP contribution in [0.3, 0.4) is 0 Å². The molecule has 0 bridgehead atoms. The van der Waals surface area contributed by atoms with Gasteiger partial charge in [-0.2, -0.15) is 0 Å². The van der Waals surface area contributed by atoms with E-state index < -0.39 is 0 Å². The number of benzene rings is 1. The van der Waals surface area contributed by atoms with Gasteiger partial charge in [-0.15, -0.1) is 24.0 Å². The maximum atomic E-state index is 12.7. The highest BCUT2D eigenvalue weighted by Gasteiger charge is 2.42. The number of hydrogen-bond donors (Lipinski definition) is 2. The van der Waals surface area contributed by atoms with Crippen molar-refractivity contribution >= 4 is 35.8 Å². The van der Waals surface area contributed by atoms with Gasteiger partial charge in [-0.1, -0.05) is 25.0 Å². The highest BCUT2D eigenvalue weighted by atomic mass is 127. The van der Waals surface area contributed by atoms with Crippen molar-refractivity contribution in [2.24, 2.45) is 10.4 Å². The summed E-state index contributed by atoms with van der Waals surface area (Å²) in [6.45, 7) is 1.46. The number of nitrogens with zero attached hydrogens (tertiary/aromatic N) is 2. The van der Waals surface area contributed by atoms with Crippen LogP contribution in [0.2, 0.25) is 0 Å². The van der Waals surface area contributed by atoms with Gasteiger partial charge in [0, 0.05) is 34.2 Å². The third-order valence-electron chi connectivity index (χ3n) is 5.31. The summed E-state index contributed by atoms with van der Waals surface area (Å²) in [6.07, 6.45) is 6.11. The zero-order valence-corrected chi connectivity index (χ0v) is 19.9. The van der Waals surface area contributed by atoms with Gasteiger partial charge in [-0.05, 0) is 43.4 Å². The van der Waals surface area contributed by atoms with Gasteiger partial charge in [0.25, 0.3) is 0 Å². The zero-order chi connectivity index (χ0) is 19.7. The maximum Gasteiger partial charge on any atom is 0.230 e. The molecular formula is C21H35IN4O2. The van der Waals surface area contributed by atoms with Crippen molar-refractivity contribution in [3.05, 3.63) is 29.8 Å². The summed E-state index contributed by atoms with van der Waals surface area (Å²) < 4.78 is 5.27. The molecule has 1 aliphatic carbocycles. The van der Waals surface area contributed by atoms with E-state index >= 15 is 0 Å². The standard InChI is InChI=1S/C21H34N4O2.HI/c1-22-20(23-14-8-10-17-9-7-11-18(15-17)27-4)24-16-21(12-5-6-13-21)19(26)25(2)3;/h7,9,11,15H,5-6,8,10,12-14,16H2,1-4H3,(H2,22,23,24);1H. The SMILES string of the molecule is CN=C(NCCCc1cccc(OC)c1)NCC1(C(=O)N(C)C)CCCC1.I. The molecule has 0 radical (unpaired) electrons. The third-order valence-corrected chi connectivity index (χ3v) is 5.31. The number of carbonyl (C=O) groups is 1. The summed E-state index contributed by atoms with van der Waals surface area (Å²) in [6, 6.07) is 8.17. The second kappa shape index (κ2) is 12.1. The van der Waals surface area contributed by atoms with Crippen molar-refractivity contribution in [3.8, 4) is 5.75 Å². The quantitative estimate of drug-likeness (QED) is 0.248. The molecule has 0 heterocycles. The first-order valence-corrected chi connectivity index (χ1v) is 9.80. The summed E-state index contributed by atoms with van der Waals surface area (Å²) in [4.78, 5) is 18.7. The minimum atomic E-state index is -0.290. The smallest absolute Gasteiger partial charge is 0.230 e. The molecule has 7 heteroatoms. The second-order valence-corrected chi connectivity index (χ2v) is 7.49. The molecule has 1 saturated carbocycles. The number of carbonyl (C=O) groups excluding carboxylic acids is 1. The van der Waals surface area contributed by atoms with E-state index in [-0.39, 0.29) is 35.3 Å². The van der Waals surface area contributed by atoms with Crippen LogP contribution < -0.4 is 15.4 Å². The Bertz CT molecular complexity index is 643.